The van der Waals surface area contributed by atoms with Gasteiger partial charge < -0.3 is 10.2 Å². The van der Waals surface area contributed by atoms with Crippen LogP contribution in [-0.2, 0) is 6.42 Å². The highest BCUT2D eigenvalue weighted by molar-refractivity contribution is 6.10. The Balaban J connectivity index is 1.48. The molecule has 5 heteroatoms. The summed E-state index contributed by atoms with van der Waals surface area (Å²) in [6.07, 6.45) is 5.13. The highest BCUT2D eigenvalue weighted by Gasteiger charge is 2.28. The van der Waals surface area contributed by atoms with Crippen LogP contribution in [0.25, 0.3) is 0 Å². The molecule has 148 valence electrons. The number of likely N-dealkylation sites (tertiary alicyclic amines) is 1. The molecule has 3 heterocycles. The Hall–Kier alpha value is -2.40. The monoisotopic (exact) mass is 378 g/mol. The first kappa shape index (κ1) is 18.9. The number of benzene rings is 1. The Kier molecular flexibility index (Phi) is 5.62. The summed E-state index contributed by atoms with van der Waals surface area (Å²) in [4.78, 5) is 22.2. The Labute approximate surface area is 167 Å². The first-order valence-corrected chi connectivity index (χ1v) is 10.5. The van der Waals surface area contributed by atoms with Gasteiger partial charge in [0.1, 0.15) is 5.82 Å². The largest absolute Gasteiger partial charge is 0.368 e. The summed E-state index contributed by atoms with van der Waals surface area (Å²) < 4.78 is 0. The maximum absolute atomic E-state index is 13.3. The van der Waals surface area contributed by atoms with Crippen LogP contribution < -0.4 is 10.2 Å². The fourth-order valence-corrected chi connectivity index (χ4v) is 4.46. The van der Waals surface area contributed by atoms with Gasteiger partial charge in [-0.05, 0) is 55.5 Å². The van der Waals surface area contributed by atoms with Crippen LogP contribution in [0, 0.1) is 5.92 Å². The van der Waals surface area contributed by atoms with Crippen molar-refractivity contribution in [2.24, 2.45) is 5.92 Å². The van der Waals surface area contributed by atoms with Crippen molar-refractivity contribution in [1.29, 1.82) is 0 Å². The van der Waals surface area contributed by atoms with Gasteiger partial charge in [0.05, 0.1) is 5.56 Å². The van der Waals surface area contributed by atoms with Gasteiger partial charge in [0.15, 0.2) is 0 Å². The van der Waals surface area contributed by atoms with Gasteiger partial charge in [-0.3, -0.25) is 9.69 Å². The summed E-state index contributed by atoms with van der Waals surface area (Å²) in [6, 6.07) is 12.4. The van der Waals surface area contributed by atoms with Crippen LogP contribution in [-0.4, -0.2) is 48.0 Å². The lowest BCUT2D eigenvalue weighted by Crippen LogP contribution is -2.37. The molecule has 4 rings (SSSR count). The molecule has 0 saturated carbocycles. The fourth-order valence-electron chi connectivity index (χ4n) is 4.46. The molecule has 0 aliphatic carbocycles. The molecule has 1 atom stereocenters. The van der Waals surface area contributed by atoms with E-state index in [1.54, 1.807) is 6.20 Å². The first-order valence-electron chi connectivity index (χ1n) is 10.5. The topological polar surface area (TPSA) is 48.5 Å². The molecule has 2 aromatic rings. The van der Waals surface area contributed by atoms with Crippen LogP contribution in [0.2, 0.25) is 0 Å². The number of nitrogens with one attached hydrogen (secondary N) is 1. The lowest BCUT2D eigenvalue weighted by Gasteiger charge is -2.27. The second-order valence-electron chi connectivity index (χ2n) is 8.30. The molecule has 5 nitrogen and oxygen atoms in total. The first-order chi connectivity index (χ1) is 13.6. The highest BCUT2D eigenvalue weighted by Crippen LogP contribution is 2.30. The predicted octanol–water partition coefficient (Wildman–Crippen LogP) is 3.82. The van der Waals surface area contributed by atoms with Gasteiger partial charge >= 0.3 is 0 Å². The zero-order valence-corrected chi connectivity index (χ0v) is 16.9. The van der Waals surface area contributed by atoms with Gasteiger partial charge in [-0.2, -0.15) is 0 Å². The highest BCUT2D eigenvalue weighted by atomic mass is 16.2. The molecule has 1 N–H and O–H groups in total. The summed E-state index contributed by atoms with van der Waals surface area (Å²) in [5.41, 5.74) is 2.93. The average molecular weight is 379 g/mol. The van der Waals surface area contributed by atoms with Crippen molar-refractivity contribution in [1.82, 2.24) is 9.88 Å². The molecule has 1 fully saturated rings. The lowest BCUT2D eigenvalue weighted by atomic mass is 10.1. The van der Waals surface area contributed by atoms with E-state index in [1.807, 2.05) is 35.2 Å². The fraction of sp³-hybridized carbons (Fsp3) is 0.478. The van der Waals surface area contributed by atoms with Gasteiger partial charge in [0.25, 0.3) is 5.91 Å². The van der Waals surface area contributed by atoms with E-state index in [0.717, 1.165) is 31.7 Å². The van der Waals surface area contributed by atoms with Crippen LogP contribution in [0.3, 0.4) is 0 Å². The maximum atomic E-state index is 13.3. The molecular formula is C23H30N4O. The molecular weight excluding hydrogens is 348 g/mol. The SMILES string of the molecule is CC(C)CN1CCC[C@@H]1CNc1ncccc1C(=O)N1CCc2ccccc21. The second kappa shape index (κ2) is 8.31. The van der Waals surface area contributed by atoms with Crippen LogP contribution in [0.4, 0.5) is 11.5 Å². The van der Waals surface area contributed by atoms with Crippen LogP contribution in [0.5, 0.6) is 0 Å². The van der Waals surface area contributed by atoms with E-state index in [0.29, 0.717) is 23.3 Å². The third-order valence-corrected chi connectivity index (χ3v) is 5.77. The van der Waals surface area contributed by atoms with Gasteiger partial charge in [-0.1, -0.05) is 32.0 Å². The molecule has 0 spiro atoms. The third kappa shape index (κ3) is 3.90. The van der Waals surface area contributed by atoms with Crippen molar-refractivity contribution in [2.75, 3.05) is 36.4 Å². The molecule has 2 aliphatic rings. The molecule has 0 unspecified atom stereocenters. The second-order valence-corrected chi connectivity index (χ2v) is 8.30. The standard InChI is InChI=1S/C23H30N4O/c1-17(2)16-26-13-6-8-19(26)15-25-22-20(9-5-12-24-22)23(28)27-14-11-18-7-3-4-10-21(18)27/h3-5,7,9-10,12,17,19H,6,8,11,13-16H2,1-2H3,(H,24,25)/t19-/m1/s1. The Morgan fingerprint density at radius 1 is 1.21 bits per heavy atom. The number of nitrogens with zero attached hydrogens (tertiary/aromatic N) is 3. The van der Waals surface area contributed by atoms with Crippen molar-refractivity contribution in [2.45, 2.75) is 39.2 Å². The van der Waals surface area contributed by atoms with E-state index in [-0.39, 0.29) is 5.91 Å². The number of rotatable bonds is 6. The number of hydrogen-bond donors (Lipinski definition) is 1. The number of carbonyl (C=O) groups is 1. The van der Waals surface area contributed by atoms with Crippen molar-refractivity contribution < 1.29 is 4.79 Å². The van der Waals surface area contributed by atoms with Crippen LogP contribution in [0.15, 0.2) is 42.6 Å². The number of pyridine rings is 1. The van der Waals surface area contributed by atoms with Crippen molar-refractivity contribution in [3.63, 3.8) is 0 Å². The van der Waals surface area contributed by atoms with Crippen molar-refractivity contribution in [3.8, 4) is 0 Å². The van der Waals surface area contributed by atoms with Gasteiger partial charge in [-0.15, -0.1) is 0 Å². The average Bonchev–Trinajstić information content (AvgIpc) is 3.32. The summed E-state index contributed by atoms with van der Waals surface area (Å²) >= 11 is 0. The zero-order chi connectivity index (χ0) is 19.5. The minimum absolute atomic E-state index is 0.0333. The third-order valence-electron chi connectivity index (χ3n) is 5.77. The smallest absolute Gasteiger partial charge is 0.262 e. The molecule has 1 saturated heterocycles. The van der Waals surface area contributed by atoms with Gasteiger partial charge in [-0.25, -0.2) is 4.98 Å². The number of fused-ring (bicyclic) bond motifs is 1. The minimum Gasteiger partial charge on any atom is -0.368 e. The molecule has 0 radical (unpaired) electrons. The summed E-state index contributed by atoms with van der Waals surface area (Å²) in [6.45, 7) is 8.41. The number of carbonyl (C=O) groups excluding carboxylic acids is 1. The molecule has 1 amide bonds. The number of hydrogen-bond acceptors (Lipinski definition) is 4. The molecule has 1 aromatic heterocycles. The van der Waals surface area contributed by atoms with Crippen molar-refractivity contribution in [3.05, 3.63) is 53.7 Å². The Bertz CT molecular complexity index is 835. The lowest BCUT2D eigenvalue weighted by molar-refractivity contribution is 0.0990. The minimum atomic E-state index is 0.0333. The molecule has 1 aromatic carbocycles. The summed E-state index contributed by atoms with van der Waals surface area (Å²) in [5, 5.41) is 3.49. The Morgan fingerprint density at radius 3 is 2.93 bits per heavy atom. The van der Waals surface area contributed by atoms with Crippen LogP contribution in [0.1, 0.15) is 42.6 Å². The maximum Gasteiger partial charge on any atom is 0.262 e. The quantitative estimate of drug-likeness (QED) is 0.830. The number of anilines is 2. The number of para-hydroxylation sites is 1. The number of amides is 1. The summed E-state index contributed by atoms with van der Waals surface area (Å²) in [7, 11) is 0. The van der Waals surface area contributed by atoms with E-state index in [2.05, 4.69) is 35.1 Å². The van der Waals surface area contributed by atoms with Gasteiger partial charge in [0.2, 0.25) is 0 Å². The molecule has 2 aliphatic heterocycles. The predicted molar refractivity (Wildman–Crippen MR) is 114 cm³/mol. The Morgan fingerprint density at radius 2 is 2.07 bits per heavy atom. The van der Waals surface area contributed by atoms with E-state index in [4.69, 9.17) is 0 Å². The van der Waals surface area contributed by atoms with E-state index >= 15 is 0 Å². The van der Waals surface area contributed by atoms with E-state index < -0.39 is 0 Å². The van der Waals surface area contributed by atoms with Crippen LogP contribution >= 0.6 is 0 Å². The van der Waals surface area contributed by atoms with E-state index in [9.17, 15) is 4.79 Å². The molecule has 28 heavy (non-hydrogen) atoms. The van der Waals surface area contributed by atoms with Gasteiger partial charge in [0, 0.05) is 37.6 Å². The number of aromatic nitrogens is 1. The van der Waals surface area contributed by atoms with Crippen molar-refractivity contribution >= 4 is 17.4 Å². The van der Waals surface area contributed by atoms with E-state index in [1.165, 1.54) is 24.9 Å². The normalized spacial score (nSPS) is 19.2. The summed E-state index contributed by atoms with van der Waals surface area (Å²) in [5.74, 6) is 1.40. The zero-order valence-electron chi connectivity index (χ0n) is 16.9. The molecule has 0 bridgehead atoms.